The first-order valence-corrected chi connectivity index (χ1v) is 6.80. The Hall–Kier alpha value is -1.49. The Morgan fingerprint density at radius 1 is 1.37 bits per heavy atom. The summed E-state index contributed by atoms with van der Waals surface area (Å²) in [6.45, 7) is 9.33. The molecular formula is C14H23N3O2. The van der Waals surface area contributed by atoms with Crippen molar-refractivity contribution in [1.82, 2.24) is 9.47 Å². The maximum Gasteiger partial charge on any atom is 0.270 e. The zero-order chi connectivity index (χ0) is 14.2. The Kier molecular flexibility index (Phi) is 3.85. The van der Waals surface area contributed by atoms with Crippen molar-refractivity contribution in [1.29, 1.82) is 0 Å². The second-order valence-corrected chi connectivity index (χ2v) is 5.63. The van der Waals surface area contributed by atoms with Crippen LogP contribution in [0.25, 0.3) is 0 Å². The van der Waals surface area contributed by atoms with Crippen molar-refractivity contribution in [2.45, 2.75) is 45.9 Å². The molecule has 2 atom stereocenters. The van der Waals surface area contributed by atoms with Gasteiger partial charge in [0.25, 0.3) is 5.91 Å². The van der Waals surface area contributed by atoms with Crippen molar-refractivity contribution in [2.75, 3.05) is 18.8 Å². The highest BCUT2D eigenvalue weighted by Crippen LogP contribution is 2.20. The summed E-state index contributed by atoms with van der Waals surface area (Å²) in [4.78, 5) is 14.5. The summed E-state index contributed by atoms with van der Waals surface area (Å²) < 4.78 is 7.59. The summed E-state index contributed by atoms with van der Waals surface area (Å²) in [5.41, 5.74) is 7.11. The Bertz CT molecular complexity index is 457. The van der Waals surface area contributed by atoms with E-state index in [9.17, 15) is 4.79 Å². The van der Waals surface area contributed by atoms with E-state index in [1.807, 2.05) is 43.4 Å². The molecule has 0 radical (unpaired) electrons. The summed E-state index contributed by atoms with van der Waals surface area (Å²) in [5.74, 6) is 0.0346. The molecule has 5 nitrogen and oxygen atoms in total. The minimum absolute atomic E-state index is 0.0346. The third kappa shape index (κ3) is 2.92. The molecule has 0 aliphatic carbocycles. The molecule has 0 unspecified atom stereocenters. The molecule has 2 N–H and O–H groups in total. The predicted octanol–water partition coefficient (Wildman–Crippen LogP) is 1.90. The van der Waals surface area contributed by atoms with Crippen LogP contribution in [0.4, 0.5) is 5.69 Å². The molecule has 1 aliphatic heterocycles. The van der Waals surface area contributed by atoms with Gasteiger partial charge in [0.1, 0.15) is 5.69 Å². The fraction of sp³-hybridized carbons (Fsp3) is 0.643. The summed E-state index contributed by atoms with van der Waals surface area (Å²) in [6, 6.07) is 1.97. The van der Waals surface area contributed by atoms with E-state index < -0.39 is 0 Å². The number of nitrogens with zero attached hydrogens (tertiary/aromatic N) is 2. The van der Waals surface area contributed by atoms with E-state index in [0.29, 0.717) is 24.5 Å². The van der Waals surface area contributed by atoms with Crippen LogP contribution in [0.2, 0.25) is 0 Å². The largest absolute Gasteiger partial charge is 0.397 e. The zero-order valence-corrected chi connectivity index (χ0v) is 12.1. The van der Waals surface area contributed by atoms with E-state index in [4.69, 9.17) is 10.5 Å². The topological polar surface area (TPSA) is 60.5 Å². The predicted molar refractivity (Wildman–Crippen MR) is 75.1 cm³/mol. The SMILES string of the molecule is CC(C)n1cc(N)cc1C(=O)N1C[C@@H](C)O[C@@H](C)C1. The van der Waals surface area contributed by atoms with Gasteiger partial charge >= 0.3 is 0 Å². The van der Waals surface area contributed by atoms with Gasteiger partial charge in [-0.2, -0.15) is 0 Å². The van der Waals surface area contributed by atoms with Crippen LogP contribution in [0.5, 0.6) is 0 Å². The number of hydrogen-bond acceptors (Lipinski definition) is 3. The molecule has 1 saturated heterocycles. The number of aromatic nitrogens is 1. The van der Waals surface area contributed by atoms with Gasteiger partial charge in [0.05, 0.1) is 17.9 Å². The first kappa shape index (κ1) is 13.9. The van der Waals surface area contributed by atoms with Gasteiger partial charge in [0.15, 0.2) is 0 Å². The van der Waals surface area contributed by atoms with Crippen molar-refractivity contribution >= 4 is 11.6 Å². The van der Waals surface area contributed by atoms with Crippen molar-refractivity contribution < 1.29 is 9.53 Å². The average molecular weight is 265 g/mol. The zero-order valence-electron chi connectivity index (χ0n) is 12.1. The first-order chi connectivity index (χ1) is 8.88. The molecule has 19 heavy (non-hydrogen) atoms. The standard InChI is InChI=1S/C14H23N3O2/c1-9(2)17-8-12(15)5-13(17)14(18)16-6-10(3)19-11(4)7-16/h5,8-11H,6-7,15H2,1-4H3/t10-,11+. The Labute approximate surface area is 114 Å². The highest BCUT2D eigenvalue weighted by atomic mass is 16.5. The molecule has 0 aromatic carbocycles. The van der Waals surface area contributed by atoms with E-state index in [1.54, 1.807) is 6.07 Å². The van der Waals surface area contributed by atoms with Crippen molar-refractivity contribution in [3.63, 3.8) is 0 Å². The summed E-state index contributed by atoms with van der Waals surface area (Å²) in [6.07, 6.45) is 1.98. The number of hydrogen-bond donors (Lipinski definition) is 1. The van der Waals surface area contributed by atoms with Gasteiger partial charge in [-0.15, -0.1) is 0 Å². The summed E-state index contributed by atoms with van der Waals surface area (Å²) in [5, 5.41) is 0. The van der Waals surface area contributed by atoms with Gasteiger partial charge in [-0.25, -0.2) is 0 Å². The Morgan fingerprint density at radius 2 is 1.95 bits per heavy atom. The van der Waals surface area contributed by atoms with E-state index >= 15 is 0 Å². The van der Waals surface area contributed by atoms with Gasteiger partial charge in [0, 0.05) is 25.3 Å². The van der Waals surface area contributed by atoms with Crippen LogP contribution in [-0.4, -0.2) is 40.7 Å². The molecule has 1 aromatic heterocycles. The summed E-state index contributed by atoms with van der Waals surface area (Å²) in [7, 11) is 0. The monoisotopic (exact) mass is 265 g/mol. The second kappa shape index (κ2) is 5.25. The van der Waals surface area contributed by atoms with Crippen LogP contribution < -0.4 is 5.73 Å². The third-order valence-corrected chi connectivity index (χ3v) is 3.35. The lowest BCUT2D eigenvalue weighted by atomic mass is 10.2. The van der Waals surface area contributed by atoms with Gasteiger partial charge in [0.2, 0.25) is 0 Å². The fourth-order valence-corrected chi connectivity index (χ4v) is 2.60. The lowest BCUT2D eigenvalue weighted by Gasteiger charge is -2.35. The van der Waals surface area contributed by atoms with Crippen LogP contribution in [0.3, 0.4) is 0 Å². The van der Waals surface area contributed by atoms with Crippen molar-refractivity contribution in [3.8, 4) is 0 Å². The molecule has 5 heteroatoms. The van der Waals surface area contributed by atoms with Gasteiger partial charge in [-0.05, 0) is 33.8 Å². The van der Waals surface area contributed by atoms with Gasteiger partial charge < -0.3 is 19.9 Å². The van der Waals surface area contributed by atoms with E-state index in [-0.39, 0.29) is 24.2 Å². The lowest BCUT2D eigenvalue weighted by molar-refractivity contribution is -0.0588. The number of amides is 1. The number of morpholine rings is 1. The minimum atomic E-state index is 0.0346. The van der Waals surface area contributed by atoms with Crippen LogP contribution in [0.15, 0.2) is 12.3 Å². The van der Waals surface area contributed by atoms with E-state index in [1.165, 1.54) is 0 Å². The minimum Gasteiger partial charge on any atom is -0.397 e. The number of ether oxygens (including phenoxy) is 1. The average Bonchev–Trinajstić information content (AvgIpc) is 2.69. The number of nitrogens with two attached hydrogens (primary N) is 1. The van der Waals surface area contributed by atoms with E-state index in [0.717, 1.165) is 0 Å². The number of rotatable bonds is 2. The maximum absolute atomic E-state index is 12.6. The molecule has 1 aromatic rings. The summed E-state index contributed by atoms with van der Waals surface area (Å²) >= 11 is 0. The van der Waals surface area contributed by atoms with Gasteiger partial charge in [-0.1, -0.05) is 0 Å². The molecule has 2 rings (SSSR count). The van der Waals surface area contributed by atoms with Crippen LogP contribution in [-0.2, 0) is 4.74 Å². The number of carbonyl (C=O) groups excluding carboxylic acids is 1. The first-order valence-electron chi connectivity index (χ1n) is 6.80. The highest BCUT2D eigenvalue weighted by molar-refractivity contribution is 5.94. The molecule has 0 saturated carbocycles. The quantitative estimate of drug-likeness (QED) is 0.888. The molecule has 106 valence electrons. The van der Waals surface area contributed by atoms with Crippen molar-refractivity contribution in [2.24, 2.45) is 0 Å². The lowest BCUT2D eigenvalue weighted by Crippen LogP contribution is -2.48. The maximum atomic E-state index is 12.6. The highest BCUT2D eigenvalue weighted by Gasteiger charge is 2.28. The van der Waals surface area contributed by atoms with Crippen molar-refractivity contribution in [3.05, 3.63) is 18.0 Å². The molecule has 1 amide bonds. The molecule has 1 fully saturated rings. The molecule has 1 aliphatic rings. The molecular weight excluding hydrogens is 242 g/mol. The molecule has 0 bridgehead atoms. The van der Waals surface area contributed by atoms with E-state index in [2.05, 4.69) is 0 Å². The molecule has 2 heterocycles. The Balaban J connectivity index is 2.24. The van der Waals surface area contributed by atoms with Gasteiger partial charge in [-0.3, -0.25) is 4.79 Å². The smallest absolute Gasteiger partial charge is 0.270 e. The third-order valence-electron chi connectivity index (χ3n) is 3.35. The second-order valence-electron chi connectivity index (χ2n) is 5.63. The van der Waals surface area contributed by atoms with Crippen LogP contribution in [0.1, 0.15) is 44.2 Å². The fourth-order valence-electron chi connectivity index (χ4n) is 2.60. The normalized spacial score (nSPS) is 23.9. The number of anilines is 1. The van der Waals surface area contributed by atoms with Crippen LogP contribution in [0, 0.1) is 0 Å². The molecule has 0 spiro atoms. The van der Waals surface area contributed by atoms with Crippen LogP contribution >= 0.6 is 0 Å². The Morgan fingerprint density at radius 3 is 2.47 bits per heavy atom. The number of nitrogen functional groups attached to an aromatic ring is 1. The number of carbonyl (C=O) groups is 1.